The molecule has 0 amide bonds. The van der Waals surface area contributed by atoms with Crippen molar-refractivity contribution >= 4 is 19.8 Å². The van der Waals surface area contributed by atoms with E-state index in [9.17, 15) is 74.6 Å². The van der Waals surface area contributed by atoms with Crippen molar-refractivity contribution in [2.45, 2.75) is 68.4 Å². The second-order valence-electron chi connectivity index (χ2n) is 6.58. The Kier molecular flexibility index (Phi) is 7.78. The predicted molar refractivity (Wildman–Crippen MR) is 69.0 cm³/mol. The molecule has 0 unspecified atom stereocenters. The summed E-state index contributed by atoms with van der Waals surface area (Å²) in [5, 5.41) is 0. The third-order valence-corrected chi connectivity index (χ3v) is 7.94. The third-order valence-electron chi connectivity index (χ3n) is 3.82. The summed E-state index contributed by atoms with van der Waals surface area (Å²) in [6.07, 6.45) is -10.0. The van der Waals surface area contributed by atoms with Crippen molar-refractivity contribution in [3.63, 3.8) is 0 Å². The fourth-order valence-electron chi connectivity index (χ4n) is 1.82. The molecule has 0 atom stereocenters. The Morgan fingerprint density at radius 2 is 0.700 bits per heavy atom. The summed E-state index contributed by atoms with van der Waals surface area (Å²) >= 11 is -2.95. The van der Waals surface area contributed by atoms with Crippen LogP contribution in [0.1, 0.15) is 6.42 Å². The molecule has 0 bridgehead atoms. The molecule has 0 nitrogen and oxygen atoms in total. The van der Waals surface area contributed by atoms with Crippen molar-refractivity contribution in [2.75, 3.05) is 0 Å². The van der Waals surface area contributed by atoms with Gasteiger partial charge in [-0.1, -0.05) is 0 Å². The Morgan fingerprint density at radius 3 is 0.967 bits per heavy atom. The van der Waals surface area contributed by atoms with Gasteiger partial charge in [-0.15, -0.1) is 0 Å². The molecule has 30 heavy (non-hydrogen) atoms. The van der Waals surface area contributed by atoms with E-state index in [-0.39, 0.29) is 0 Å². The Morgan fingerprint density at radius 1 is 0.433 bits per heavy atom. The molecular weight excluding hydrogens is 586 g/mol. The van der Waals surface area contributed by atoms with Crippen LogP contribution in [-0.2, 0) is 0 Å². The minimum absolute atomic E-state index is 0.898. The van der Waals surface area contributed by atoms with Gasteiger partial charge in [0.2, 0.25) is 0 Å². The van der Waals surface area contributed by atoms with Gasteiger partial charge in [-0.05, 0) is 0 Å². The summed E-state index contributed by atoms with van der Waals surface area (Å²) < 4.78 is 219. The summed E-state index contributed by atoms with van der Waals surface area (Å²) in [6.45, 7) is 0. The maximum atomic E-state index is 13.4. The molecule has 0 spiro atoms. The molecular formula is C12H11F17Sn. The van der Waals surface area contributed by atoms with Crippen LogP contribution in [0.4, 0.5) is 74.6 Å². The van der Waals surface area contributed by atoms with Crippen LogP contribution in [0.5, 0.6) is 0 Å². The molecule has 182 valence electrons. The van der Waals surface area contributed by atoms with Crippen molar-refractivity contribution in [3.05, 3.63) is 0 Å². The molecule has 0 aromatic heterocycles. The monoisotopic (exact) mass is 598 g/mol. The first-order chi connectivity index (χ1) is 12.7. The molecule has 0 aromatic carbocycles. The first-order valence-corrected chi connectivity index (χ1v) is 16.3. The molecule has 0 radical (unpaired) electrons. The van der Waals surface area contributed by atoms with Crippen LogP contribution < -0.4 is 0 Å². The zero-order valence-electron chi connectivity index (χ0n) is 14.4. The van der Waals surface area contributed by atoms with Crippen molar-refractivity contribution in [3.8, 4) is 0 Å². The van der Waals surface area contributed by atoms with Gasteiger partial charge < -0.3 is 0 Å². The van der Waals surface area contributed by atoms with Crippen LogP contribution in [0.3, 0.4) is 0 Å². The Hall–Kier alpha value is -0.391. The second-order valence-corrected chi connectivity index (χ2v) is 16.2. The van der Waals surface area contributed by atoms with Gasteiger partial charge in [-0.2, -0.15) is 0 Å². The van der Waals surface area contributed by atoms with Gasteiger partial charge in [0, 0.05) is 0 Å². The van der Waals surface area contributed by atoms with Gasteiger partial charge in [0.1, 0.15) is 0 Å². The van der Waals surface area contributed by atoms with E-state index in [1.807, 2.05) is 0 Å². The van der Waals surface area contributed by atoms with Crippen molar-refractivity contribution in [1.82, 2.24) is 0 Å². The van der Waals surface area contributed by atoms with Gasteiger partial charge in [0.15, 0.2) is 0 Å². The van der Waals surface area contributed by atoms with E-state index >= 15 is 0 Å². The molecule has 0 aliphatic carbocycles. The molecule has 0 aromatic rings. The Bertz CT molecular complexity index is 602. The summed E-state index contributed by atoms with van der Waals surface area (Å²) in [6, 6.07) is 0. The summed E-state index contributed by atoms with van der Waals surface area (Å²) in [5.74, 6) is -55.5. The maximum absolute atomic E-state index is 13.4. The van der Waals surface area contributed by atoms with E-state index in [0.717, 1.165) is 0 Å². The molecule has 0 fully saturated rings. The second kappa shape index (κ2) is 7.88. The van der Waals surface area contributed by atoms with Crippen LogP contribution in [0.25, 0.3) is 0 Å². The van der Waals surface area contributed by atoms with Crippen molar-refractivity contribution in [2.24, 2.45) is 0 Å². The van der Waals surface area contributed by atoms with E-state index in [4.69, 9.17) is 0 Å². The van der Waals surface area contributed by atoms with Crippen LogP contribution >= 0.6 is 0 Å². The average molecular weight is 597 g/mol. The van der Waals surface area contributed by atoms with Crippen LogP contribution in [-0.4, -0.2) is 67.4 Å². The molecule has 0 saturated heterocycles. The molecule has 0 aliphatic rings. The average Bonchev–Trinajstić information content (AvgIpc) is 2.50. The standard InChI is InChI=1S/C10H4F17.2CH3.Sn.H/c1-2-3(11,12)4(13,14)5(15,16)6(17,18)7(19,20)8(21,22)9(23,24)10(25,26)27;;;;/h1-2H2;2*1H3;;. The Labute approximate surface area is 163 Å². The van der Waals surface area contributed by atoms with E-state index in [1.54, 1.807) is 0 Å². The normalized spacial score (nSPS) is 16.4. The summed E-state index contributed by atoms with van der Waals surface area (Å²) in [5.41, 5.74) is 0. The SMILES string of the molecule is [CH3][SnH]([CH3])[CH2]CC(F)(F)C(F)(F)C(F)(F)C(F)(F)C(F)(F)C(F)(F)C(F)(F)C(F)(F)F. The zero-order chi connectivity index (χ0) is 25.0. The van der Waals surface area contributed by atoms with Crippen molar-refractivity contribution < 1.29 is 74.6 Å². The summed E-state index contributed by atoms with van der Waals surface area (Å²) in [7, 11) is 0. The summed E-state index contributed by atoms with van der Waals surface area (Å²) in [4.78, 5) is 2.49. The van der Waals surface area contributed by atoms with Crippen molar-refractivity contribution in [1.29, 1.82) is 0 Å². The molecule has 0 N–H and O–H groups in total. The van der Waals surface area contributed by atoms with E-state index in [2.05, 4.69) is 0 Å². The van der Waals surface area contributed by atoms with Crippen LogP contribution in [0.15, 0.2) is 0 Å². The quantitative estimate of drug-likeness (QED) is 0.201. The fraction of sp³-hybridized carbons (Fsp3) is 1.00. The van der Waals surface area contributed by atoms with Gasteiger partial charge in [-0.3, -0.25) is 0 Å². The first-order valence-electron chi connectivity index (χ1n) is 7.38. The molecule has 0 aliphatic heterocycles. The van der Waals surface area contributed by atoms with E-state index in [1.165, 1.54) is 9.88 Å². The number of hydrogen-bond donors (Lipinski definition) is 0. The topological polar surface area (TPSA) is 0 Å². The zero-order valence-corrected chi connectivity index (χ0v) is 17.7. The number of halogens is 17. The van der Waals surface area contributed by atoms with E-state index in [0.29, 0.717) is 0 Å². The first kappa shape index (κ1) is 29.6. The van der Waals surface area contributed by atoms with Gasteiger partial charge >= 0.3 is 163 Å². The number of hydrogen-bond acceptors (Lipinski definition) is 0. The predicted octanol–water partition coefficient (Wildman–Crippen LogP) is 6.87. The van der Waals surface area contributed by atoms with E-state index < -0.39 is 78.3 Å². The molecule has 18 heteroatoms. The minimum atomic E-state index is -8.56. The van der Waals surface area contributed by atoms with Gasteiger partial charge in [0.25, 0.3) is 0 Å². The Balaban J connectivity index is 6.55. The van der Waals surface area contributed by atoms with Crippen LogP contribution in [0.2, 0.25) is 14.3 Å². The van der Waals surface area contributed by atoms with Crippen LogP contribution in [0, 0.1) is 0 Å². The third kappa shape index (κ3) is 4.15. The fourth-order valence-corrected chi connectivity index (χ4v) is 4.51. The number of rotatable bonds is 9. The molecule has 0 saturated carbocycles. The molecule has 0 heterocycles. The van der Waals surface area contributed by atoms with Gasteiger partial charge in [0.05, 0.1) is 0 Å². The number of alkyl halides is 17. The molecule has 0 rings (SSSR count). The van der Waals surface area contributed by atoms with Gasteiger partial charge in [-0.25, -0.2) is 0 Å².